The van der Waals surface area contributed by atoms with Crippen molar-refractivity contribution in [2.75, 3.05) is 13.1 Å². The van der Waals surface area contributed by atoms with Gasteiger partial charge in [0.2, 0.25) is 0 Å². The Morgan fingerprint density at radius 3 is 2.75 bits per heavy atom. The van der Waals surface area contributed by atoms with Crippen LogP contribution < -0.4 is 5.32 Å². The molecule has 1 aliphatic rings. The lowest BCUT2D eigenvalue weighted by atomic mass is 9.95. The van der Waals surface area contributed by atoms with Crippen LogP contribution in [0.25, 0.3) is 0 Å². The van der Waals surface area contributed by atoms with E-state index in [1.165, 1.54) is 11.3 Å². The monoisotopic (exact) mass is 205 g/mol. The maximum Gasteiger partial charge on any atom is 0.140 e. The third-order valence-corrected chi connectivity index (χ3v) is 3.23. The topological polar surface area (TPSA) is 12.0 Å². The molecule has 12 heavy (non-hydrogen) atoms. The Labute approximate surface area is 79.5 Å². The second kappa shape index (κ2) is 2.98. The van der Waals surface area contributed by atoms with E-state index in [9.17, 15) is 4.39 Å². The van der Waals surface area contributed by atoms with Crippen LogP contribution in [0.2, 0.25) is 4.34 Å². The highest BCUT2D eigenvalue weighted by Crippen LogP contribution is 2.28. The standard InChI is InChI=1S/C8H9ClFNS/c9-7-2-1-6(12-7)3-8(10)4-11-5-8/h1-2,11H,3-5H2. The second-order valence-corrected chi connectivity index (χ2v) is 4.94. The number of nitrogens with one attached hydrogen (secondary N) is 1. The first-order valence-electron chi connectivity index (χ1n) is 3.82. The first kappa shape index (κ1) is 8.48. The average Bonchev–Trinajstić information content (AvgIpc) is 2.32. The molecule has 66 valence electrons. The van der Waals surface area contributed by atoms with Crippen LogP contribution in [0.1, 0.15) is 4.88 Å². The van der Waals surface area contributed by atoms with Crippen molar-refractivity contribution < 1.29 is 4.39 Å². The summed E-state index contributed by atoms with van der Waals surface area (Å²) in [5.74, 6) is 0. The maximum atomic E-state index is 13.5. The number of hydrogen-bond acceptors (Lipinski definition) is 2. The van der Waals surface area contributed by atoms with Crippen LogP contribution in [0.4, 0.5) is 4.39 Å². The highest BCUT2D eigenvalue weighted by atomic mass is 35.5. The molecule has 1 aliphatic heterocycles. The van der Waals surface area contributed by atoms with Gasteiger partial charge in [0.15, 0.2) is 0 Å². The number of alkyl halides is 1. The first-order valence-corrected chi connectivity index (χ1v) is 5.01. The molecule has 0 amide bonds. The zero-order valence-corrected chi connectivity index (χ0v) is 8.01. The smallest absolute Gasteiger partial charge is 0.140 e. The third-order valence-electron chi connectivity index (χ3n) is 2.00. The van der Waals surface area contributed by atoms with Crippen molar-refractivity contribution in [2.24, 2.45) is 0 Å². The SMILES string of the molecule is FC1(Cc2ccc(Cl)s2)CNC1. The molecular formula is C8H9ClFNS. The number of hydrogen-bond donors (Lipinski definition) is 1. The minimum absolute atomic E-state index is 0.475. The van der Waals surface area contributed by atoms with Gasteiger partial charge in [-0.15, -0.1) is 11.3 Å². The molecule has 0 aliphatic carbocycles. The lowest BCUT2D eigenvalue weighted by Crippen LogP contribution is -2.57. The molecule has 0 atom stereocenters. The highest BCUT2D eigenvalue weighted by Gasteiger charge is 2.37. The summed E-state index contributed by atoms with van der Waals surface area (Å²) in [7, 11) is 0. The largest absolute Gasteiger partial charge is 0.310 e. The molecule has 0 saturated carbocycles. The summed E-state index contributed by atoms with van der Waals surface area (Å²) in [5, 5.41) is 2.93. The van der Waals surface area contributed by atoms with E-state index in [4.69, 9.17) is 11.6 Å². The predicted octanol–water partition coefficient (Wildman–Crippen LogP) is 2.26. The molecule has 1 saturated heterocycles. The number of thiophene rings is 1. The molecule has 1 N–H and O–H groups in total. The summed E-state index contributed by atoms with van der Waals surface area (Å²) in [6.07, 6.45) is 0.497. The highest BCUT2D eigenvalue weighted by molar-refractivity contribution is 7.16. The minimum atomic E-state index is -1.02. The van der Waals surface area contributed by atoms with Crippen LogP contribution in [0.15, 0.2) is 12.1 Å². The van der Waals surface area contributed by atoms with Gasteiger partial charge in [0.1, 0.15) is 5.67 Å². The number of halogens is 2. The predicted molar refractivity (Wildman–Crippen MR) is 49.7 cm³/mol. The first-order chi connectivity index (χ1) is 5.68. The van der Waals surface area contributed by atoms with Crippen LogP contribution in [-0.4, -0.2) is 18.8 Å². The van der Waals surface area contributed by atoms with Crippen LogP contribution in [0.3, 0.4) is 0 Å². The molecule has 1 fully saturated rings. The molecule has 4 heteroatoms. The van der Waals surface area contributed by atoms with Crippen molar-refractivity contribution in [3.8, 4) is 0 Å². The summed E-state index contributed by atoms with van der Waals surface area (Å²) in [6, 6.07) is 3.71. The summed E-state index contributed by atoms with van der Waals surface area (Å²) in [4.78, 5) is 1.03. The Morgan fingerprint density at radius 1 is 1.58 bits per heavy atom. The van der Waals surface area contributed by atoms with Crippen LogP contribution in [0.5, 0.6) is 0 Å². The van der Waals surface area contributed by atoms with E-state index in [-0.39, 0.29) is 0 Å². The molecule has 1 nitrogen and oxygen atoms in total. The molecule has 1 aromatic heterocycles. The molecule has 0 aromatic carbocycles. The molecule has 0 bridgehead atoms. The van der Waals surface area contributed by atoms with E-state index in [1.807, 2.05) is 12.1 Å². The third kappa shape index (κ3) is 1.63. The molecule has 0 unspecified atom stereocenters. The van der Waals surface area contributed by atoms with Crippen LogP contribution in [-0.2, 0) is 6.42 Å². The summed E-state index contributed by atoms with van der Waals surface area (Å²) < 4.78 is 14.2. The van der Waals surface area contributed by atoms with Crippen molar-refractivity contribution in [2.45, 2.75) is 12.1 Å². The van der Waals surface area contributed by atoms with Crippen LogP contribution in [0, 0.1) is 0 Å². The Morgan fingerprint density at radius 2 is 2.33 bits per heavy atom. The molecule has 2 heterocycles. The van der Waals surface area contributed by atoms with Crippen molar-refractivity contribution >= 4 is 22.9 Å². The van der Waals surface area contributed by atoms with Gasteiger partial charge in [0.05, 0.1) is 4.34 Å². The van der Waals surface area contributed by atoms with E-state index in [1.54, 1.807) is 0 Å². The van der Waals surface area contributed by atoms with E-state index in [2.05, 4.69) is 5.32 Å². The van der Waals surface area contributed by atoms with Crippen molar-refractivity contribution in [3.05, 3.63) is 21.3 Å². The summed E-state index contributed by atoms with van der Waals surface area (Å²) in [6.45, 7) is 0.949. The summed E-state index contributed by atoms with van der Waals surface area (Å²) >= 11 is 7.19. The van der Waals surface area contributed by atoms with E-state index in [0.29, 0.717) is 19.5 Å². The molecular weight excluding hydrogens is 197 g/mol. The Balaban J connectivity index is 2.03. The minimum Gasteiger partial charge on any atom is -0.310 e. The van der Waals surface area contributed by atoms with Gasteiger partial charge in [-0.1, -0.05) is 11.6 Å². The van der Waals surface area contributed by atoms with Gasteiger partial charge in [-0.2, -0.15) is 0 Å². The van der Waals surface area contributed by atoms with Gasteiger partial charge in [-0.05, 0) is 12.1 Å². The normalized spacial score (nSPS) is 20.5. The van der Waals surface area contributed by atoms with Gasteiger partial charge in [0.25, 0.3) is 0 Å². The van der Waals surface area contributed by atoms with Gasteiger partial charge in [-0.25, -0.2) is 4.39 Å². The average molecular weight is 206 g/mol. The lowest BCUT2D eigenvalue weighted by molar-refractivity contribution is 0.0921. The Bertz CT molecular complexity index is 282. The molecule has 0 spiro atoms. The van der Waals surface area contributed by atoms with E-state index < -0.39 is 5.67 Å². The molecule has 1 aromatic rings. The Hall–Kier alpha value is -0.120. The zero-order chi connectivity index (χ0) is 8.60. The van der Waals surface area contributed by atoms with Gasteiger partial charge in [0, 0.05) is 24.4 Å². The quantitative estimate of drug-likeness (QED) is 0.781. The number of rotatable bonds is 2. The fraction of sp³-hybridized carbons (Fsp3) is 0.500. The van der Waals surface area contributed by atoms with E-state index >= 15 is 0 Å². The fourth-order valence-electron chi connectivity index (χ4n) is 1.28. The summed E-state index contributed by atoms with van der Waals surface area (Å²) in [5.41, 5.74) is -1.02. The lowest BCUT2D eigenvalue weighted by Gasteiger charge is -2.34. The van der Waals surface area contributed by atoms with E-state index in [0.717, 1.165) is 9.21 Å². The molecule has 2 rings (SSSR count). The molecule has 0 radical (unpaired) electrons. The van der Waals surface area contributed by atoms with Gasteiger partial charge in [-0.3, -0.25) is 0 Å². The van der Waals surface area contributed by atoms with Crippen molar-refractivity contribution in [1.82, 2.24) is 5.32 Å². The fourth-order valence-corrected chi connectivity index (χ4v) is 2.49. The second-order valence-electron chi connectivity index (χ2n) is 3.14. The van der Waals surface area contributed by atoms with Gasteiger partial charge >= 0.3 is 0 Å². The Kier molecular flexibility index (Phi) is 2.10. The van der Waals surface area contributed by atoms with Crippen molar-refractivity contribution in [1.29, 1.82) is 0 Å². The van der Waals surface area contributed by atoms with Crippen molar-refractivity contribution in [3.63, 3.8) is 0 Å². The maximum absolute atomic E-state index is 13.5. The zero-order valence-electron chi connectivity index (χ0n) is 6.44. The van der Waals surface area contributed by atoms with Gasteiger partial charge < -0.3 is 5.32 Å². The van der Waals surface area contributed by atoms with Crippen LogP contribution >= 0.6 is 22.9 Å².